The Hall–Kier alpha value is -1.64. The van der Waals surface area contributed by atoms with Gasteiger partial charge in [0, 0.05) is 19.2 Å². The first-order valence-electron chi connectivity index (χ1n) is 6.90. The molecule has 0 radical (unpaired) electrons. The largest absolute Gasteiger partial charge is 0.340 e. The summed E-state index contributed by atoms with van der Waals surface area (Å²) < 4.78 is 0. The summed E-state index contributed by atoms with van der Waals surface area (Å²) in [4.78, 5) is 18.2. The molecule has 1 aromatic heterocycles. The molecule has 1 heterocycles. The number of rotatable bonds is 6. The van der Waals surface area contributed by atoms with Crippen molar-refractivity contribution in [3.63, 3.8) is 0 Å². The Labute approximate surface area is 115 Å². The summed E-state index contributed by atoms with van der Waals surface area (Å²) in [5.41, 5.74) is 3.29. The SMILES string of the molecule is C=C1CC1CCCC(=O)N(C)Cc1cccc(C)n1. The number of carbonyl (C=O) groups excluding carboxylic acids is 1. The minimum Gasteiger partial charge on any atom is -0.340 e. The van der Waals surface area contributed by atoms with Crippen LogP contribution in [0.4, 0.5) is 0 Å². The summed E-state index contributed by atoms with van der Waals surface area (Å²) in [5, 5.41) is 0. The second-order valence-electron chi connectivity index (χ2n) is 5.47. The molecule has 0 N–H and O–H groups in total. The fourth-order valence-corrected chi connectivity index (χ4v) is 2.27. The Kier molecular flexibility index (Phi) is 4.35. The van der Waals surface area contributed by atoms with Crippen molar-refractivity contribution >= 4 is 5.91 Å². The van der Waals surface area contributed by atoms with Crippen LogP contribution in [0, 0.1) is 12.8 Å². The van der Waals surface area contributed by atoms with Gasteiger partial charge in [-0.2, -0.15) is 0 Å². The van der Waals surface area contributed by atoms with Crippen LogP contribution in [0.2, 0.25) is 0 Å². The predicted molar refractivity (Wildman–Crippen MR) is 76.5 cm³/mol. The molecule has 0 saturated heterocycles. The van der Waals surface area contributed by atoms with Crippen molar-refractivity contribution in [1.82, 2.24) is 9.88 Å². The average molecular weight is 258 g/mol. The van der Waals surface area contributed by atoms with Gasteiger partial charge in [-0.15, -0.1) is 0 Å². The molecule has 0 aliphatic heterocycles. The number of hydrogen-bond donors (Lipinski definition) is 0. The second kappa shape index (κ2) is 6.00. The van der Waals surface area contributed by atoms with E-state index < -0.39 is 0 Å². The molecule has 102 valence electrons. The van der Waals surface area contributed by atoms with Crippen LogP contribution in [0.15, 0.2) is 30.4 Å². The van der Waals surface area contributed by atoms with Crippen LogP contribution in [0.25, 0.3) is 0 Å². The summed E-state index contributed by atoms with van der Waals surface area (Å²) in [7, 11) is 1.85. The predicted octanol–water partition coefficient (Wildman–Crippen LogP) is 3.09. The Bertz CT molecular complexity index is 481. The fourth-order valence-electron chi connectivity index (χ4n) is 2.27. The van der Waals surface area contributed by atoms with Crippen molar-refractivity contribution in [2.75, 3.05) is 7.05 Å². The number of carbonyl (C=O) groups is 1. The van der Waals surface area contributed by atoms with Gasteiger partial charge in [0.1, 0.15) is 0 Å². The third kappa shape index (κ3) is 4.19. The van der Waals surface area contributed by atoms with Gasteiger partial charge in [-0.25, -0.2) is 0 Å². The molecule has 1 amide bonds. The molecule has 1 aromatic rings. The molecule has 1 aliphatic rings. The van der Waals surface area contributed by atoms with E-state index in [4.69, 9.17) is 0 Å². The van der Waals surface area contributed by atoms with Crippen LogP contribution in [0.3, 0.4) is 0 Å². The van der Waals surface area contributed by atoms with Crippen LogP contribution in [0.1, 0.15) is 37.1 Å². The number of aryl methyl sites for hydroxylation is 1. The van der Waals surface area contributed by atoms with E-state index in [1.165, 1.54) is 5.57 Å². The van der Waals surface area contributed by atoms with Crippen molar-refractivity contribution in [3.05, 3.63) is 41.7 Å². The van der Waals surface area contributed by atoms with Crippen LogP contribution in [-0.4, -0.2) is 22.8 Å². The fraction of sp³-hybridized carbons (Fsp3) is 0.500. The summed E-state index contributed by atoms with van der Waals surface area (Å²) in [6.07, 6.45) is 3.87. The van der Waals surface area contributed by atoms with Gasteiger partial charge in [-0.05, 0) is 44.2 Å². The van der Waals surface area contributed by atoms with Crippen LogP contribution in [-0.2, 0) is 11.3 Å². The number of nitrogens with zero attached hydrogens (tertiary/aromatic N) is 2. The van der Waals surface area contributed by atoms with Crippen molar-refractivity contribution in [3.8, 4) is 0 Å². The van der Waals surface area contributed by atoms with Crippen LogP contribution < -0.4 is 0 Å². The molecule has 0 bridgehead atoms. The lowest BCUT2D eigenvalue weighted by atomic mass is 10.1. The van der Waals surface area contributed by atoms with Gasteiger partial charge < -0.3 is 4.90 Å². The quantitative estimate of drug-likeness (QED) is 0.735. The molecule has 1 atom stereocenters. The molecule has 0 spiro atoms. The molecule has 0 aromatic carbocycles. The molecule has 19 heavy (non-hydrogen) atoms. The third-order valence-corrected chi connectivity index (χ3v) is 3.64. The summed E-state index contributed by atoms with van der Waals surface area (Å²) in [6, 6.07) is 5.91. The maximum Gasteiger partial charge on any atom is 0.222 e. The monoisotopic (exact) mass is 258 g/mol. The van der Waals surface area contributed by atoms with Gasteiger partial charge >= 0.3 is 0 Å². The molecule has 2 rings (SSSR count). The zero-order valence-electron chi connectivity index (χ0n) is 11.9. The molecule has 1 fully saturated rings. The highest BCUT2D eigenvalue weighted by Crippen LogP contribution is 2.39. The summed E-state index contributed by atoms with van der Waals surface area (Å²) in [5.74, 6) is 0.895. The number of amides is 1. The highest BCUT2D eigenvalue weighted by Gasteiger charge is 2.26. The van der Waals surface area contributed by atoms with Gasteiger partial charge in [0.2, 0.25) is 5.91 Å². The van der Waals surface area contributed by atoms with Gasteiger partial charge in [0.25, 0.3) is 0 Å². The highest BCUT2D eigenvalue weighted by atomic mass is 16.2. The van der Waals surface area contributed by atoms with E-state index in [2.05, 4.69) is 11.6 Å². The van der Waals surface area contributed by atoms with Gasteiger partial charge in [0.15, 0.2) is 0 Å². The normalized spacial score (nSPS) is 17.4. The van der Waals surface area contributed by atoms with Crippen molar-refractivity contribution in [2.45, 2.75) is 39.2 Å². The molecular formula is C16H22N2O. The standard InChI is InChI=1S/C16H22N2O/c1-12-10-14(12)7-5-9-16(19)18(3)11-15-8-4-6-13(2)17-15/h4,6,8,14H,1,5,7,9-11H2,2-3H3. The van der Waals surface area contributed by atoms with Gasteiger partial charge in [-0.3, -0.25) is 9.78 Å². The van der Waals surface area contributed by atoms with Crippen LogP contribution >= 0.6 is 0 Å². The van der Waals surface area contributed by atoms with E-state index in [0.717, 1.165) is 30.7 Å². The number of allylic oxidation sites excluding steroid dienone is 1. The first-order valence-corrected chi connectivity index (χ1v) is 6.90. The second-order valence-corrected chi connectivity index (χ2v) is 5.47. The Balaban J connectivity index is 1.73. The van der Waals surface area contributed by atoms with E-state index in [1.807, 2.05) is 32.2 Å². The lowest BCUT2D eigenvalue weighted by molar-refractivity contribution is -0.130. The molecule has 1 unspecified atom stereocenters. The number of pyridine rings is 1. The maximum absolute atomic E-state index is 12.0. The summed E-state index contributed by atoms with van der Waals surface area (Å²) in [6.45, 7) is 6.50. The Morgan fingerprint density at radius 1 is 1.53 bits per heavy atom. The zero-order chi connectivity index (χ0) is 13.8. The molecular weight excluding hydrogens is 236 g/mol. The highest BCUT2D eigenvalue weighted by molar-refractivity contribution is 5.75. The van der Waals surface area contributed by atoms with E-state index in [0.29, 0.717) is 18.9 Å². The molecule has 3 heteroatoms. The number of aromatic nitrogens is 1. The molecule has 1 saturated carbocycles. The van der Waals surface area contributed by atoms with E-state index >= 15 is 0 Å². The summed E-state index contributed by atoms with van der Waals surface area (Å²) >= 11 is 0. The minimum absolute atomic E-state index is 0.203. The Morgan fingerprint density at radius 3 is 2.89 bits per heavy atom. The lowest BCUT2D eigenvalue weighted by Crippen LogP contribution is -2.26. The maximum atomic E-state index is 12.0. The van der Waals surface area contributed by atoms with E-state index in [1.54, 1.807) is 4.90 Å². The molecule has 3 nitrogen and oxygen atoms in total. The van der Waals surface area contributed by atoms with Crippen molar-refractivity contribution < 1.29 is 4.79 Å². The first-order chi connectivity index (χ1) is 9.06. The Morgan fingerprint density at radius 2 is 2.26 bits per heavy atom. The van der Waals surface area contributed by atoms with Crippen LogP contribution in [0.5, 0.6) is 0 Å². The molecule has 1 aliphatic carbocycles. The van der Waals surface area contributed by atoms with E-state index in [-0.39, 0.29) is 5.91 Å². The average Bonchev–Trinajstić information content (AvgIpc) is 3.05. The topological polar surface area (TPSA) is 33.2 Å². The minimum atomic E-state index is 0.203. The van der Waals surface area contributed by atoms with E-state index in [9.17, 15) is 4.79 Å². The van der Waals surface area contributed by atoms with Gasteiger partial charge in [0.05, 0.1) is 12.2 Å². The third-order valence-electron chi connectivity index (χ3n) is 3.64. The number of hydrogen-bond acceptors (Lipinski definition) is 2. The van der Waals surface area contributed by atoms with Gasteiger partial charge in [-0.1, -0.05) is 18.2 Å². The lowest BCUT2D eigenvalue weighted by Gasteiger charge is -2.16. The van der Waals surface area contributed by atoms with Crippen molar-refractivity contribution in [2.24, 2.45) is 5.92 Å². The first kappa shape index (κ1) is 13.8. The zero-order valence-corrected chi connectivity index (χ0v) is 11.9. The smallest absolute Gasteiger partial charge is 0.222 e. The van der Waals surface area contributed by atoms with Crippen molar-refractivity contribution in [1.29, 1.82) is 0 Å².